The van der Waals surface area contributed by atoms with Crippen molar-refractivity contribution in [1.82, 2.24) is 15.2 Å². The number of aromatic nitrogens is 3. The van der Waals surface area contributed by atoms with E-state index >= 15 is 0 Å². The van der Waals surface area contributed by atoms with Gasteiger partial charge in [0, 0.05) is 18.2 Å². The van der Waals surface area contributed by atoms with Crippen LogP contribution in [0.4, 0.5) is 5.95 Å². The lowest BCUT2D eigenvalue weighted by Gasteiger charge is -2.28. The maximum absolute atomic E-state index is 11.5. The number of allylic oxidation sites excluding steroid dienone is 2. The molecule has 0 aliphatic heterocycles. The molecule has 2 rings (SSSR count). The minimum Gasteiger partial charge on any atom is -0.328 e. The van der Waals surface area contributed by atoms with E-state index in [1.54, 1.807) is 6.08 Å². The third-order valence-electron chi connectivity index (χ3n) is 2.35. The highest BCUT2D eigenvalue weighted by molar-refractivity contribution is 5.92. The number of aromatic amines is 1. The molecular weight excluding hydrogens is 192 g/mol. The van der Waals surface area contributed by atoms with Crippen molar-refractivity contribution < 1.29 is 4.79 Å². The Morgan fingerprint density at radius 1 is 1.47 bits per heavy atom. The smallest absolute Gasteiger partial charge is 0.222 e. The largest absolute Gasteiger partial charge is 0.328 e. The Labute approximate surface area is 88.0 Å². The summed E-state index contributed by atoms with van der Waals surface area (Å²) in [5.41, 5.74) is 0.918. The fraction of sp³-hybridized carbons (Fsp3) is 0.500. The average Bonchev–Trinajstić information content (AvgIpc) is 2.52. The molecule has 0 radical (unpaired) electrons. The van der Waals surface area contributed by atoms with Crippen LogP contribution < -0.4 is 5.32 Å². The molecule has 0 aromatic carbocycles. The van der Waals surface area contributed by atoms with E-state index < -0.39 is 0 Å². The van der Waals surface area contributed by atoms with Gasteiger partial charge < -0.3 is 5.32 Å². The molecule has 5 nitrogen and oxygen atoms in total. The summed E-state index contributed by atoms with van der Waals surface area (Å²) in [6.07, 6.45) is 4.53. The van der Waals surface area contributed by atoms with Crippen LogP contribution in [0.2, 0.25) is 0 Å². The third kappa shape index (κ3) is 2.43. The maximum Gasteiger partial charge on any atom is 0.222 e. The second kappa shape index (κ2) is 3.49. The Bertz CT molecular complexity index is 392. The summed E-state index contributed by atoms with van der Waals surface area (Å²) in [4.78, 5) is 15.4. The lowest BCUT2D eigenvalue weighted by Crippen LogP contribution is -2.24. The number of carbonyl (C=O) groups excluding carboxylic acids is 1. The molecule has 0 unspecified atom stereocenters. The van der Waals surface area contributed by atoms with Crippen LogP contribution in [-0.2, 0) is 4.79 Å². The van der Waals surface area contributed by atoms with Gasteiger partial charge in [-0.25, -0.2) is 5.10 Å². The minimum absolute atomic E-state index is 0.0220. The van der Waals surface area contributed by atoms with Crippen LogP contribution in [0.5, 0.6) is 0 Å². The van der Waals surface area contributed by atoms with Crippen molar-refractivity contribution >= 4 is 11.7 Å². The van der Waals surface area contributed by atoms with Crippen molar-refractivity contribution in [3.8, 4) is 0 Å². The van der Waals surface area contributed by atoms with Gasteiger partial charge in [-0.1, -0.05) is 13.8 Å². The highest BCUT2D eigenvalue weighted by Gasteiger charge is 2.27. The molecule has 5 heteroatoms. The number of nitrogens with zero attached hydrogens (tertiary/aromatic N) is 2. The number of anilines is 1. The van der Waals surface area contributed by atoms with E-state index in [0.29, 0.717) is 12.4 Å². The van der Waals surface area contributed by atoms with Gasteiger partial charge in [0.2, 0.25) is 5.95 Å². The number of ketones is 1. The highest BCUT2D eigenvalue weighted by atomic mass is 16.1. The lowest BCUT2D eigenvalue weighted by atomic mass is 9.79. The topological polar surface area (TPSA) is 70.7 Å². The van der Waals surface area contributed by atoms with E-state index in [9.17, 15) is 4.79 Å². The van der Waals surface area contributed by atoms with Gasteiger partial charge in [-0.2, -0.15) is 10.1 Å². The van der Waals surface area contributed by atoms with Gasteiger partial charge >= 0.3 is 0 Å². The van der Waals surface area contributed by atoms with E-state index in [0.717, 1.165) is 12.1 Å². The van der Waals surface area contributed by atoms with Crippen molar-refractivity contribution in [2.45, 2.75) is 26.7 Å². The van der Waals surface area contributed by atoms with Crippen LogP contribution in [0.3, 0.4) is 0 Å². The van der Waals surface area contributed by atoms with E-state index in [2.05, 4.69) is 34.3 Å². The number of hydrogen-bond donors (Lipinski definition) is 2. The van der Waals surface area contributed by atoms with Crippen molar-refractivity contribution in [2.75, 3.05) is 5.32 Å². The van der Waals surface area contributed by atoms with Crippen LogP contribution in [0.15, 0.2) is 18.1 Å². The molecule has 0 bridgehead atoms. The molecule has 1 aromatic rings. The maximum atomic E-state index is 11.5. The lowest BCUT2D eigenvalue weighted by molar-refractivity contribution is -0.117. The zero-order valence-corrected chi connectivity index (χ0v) is 8.87. The van der Waals surface area contributed by atoms with Gasteiger partial charge in [-0.15, -0.1) is 0 Å². The Balaban J connectivity index is 2.13. The normalized spacial score (nSPS) is 19.9. The van der Waals surface area contributed by atoms with Crippen LogP contribution in [0.25, 0.3) is 0 Å². The molecule has 1 aliphatic carbocycles. The van der Waals surface area contributed by atoms with Gasteiger partial charge in [0.25, 0.3) is 0 Å². The highest BCUT2D eigenvalue weighted by Crippen LogP contribution is 2.33. The number of hydrogen-bond acceptors (Lipinski definition) is 4. The molecular formula is C10H14N4O. The molecule has 0 saturated carbocycles. The number of nitrogens with one attached hydrogen (secondary N) is 2. The molecule has 0 fully saturated rings. The summed E-state index contributed by atoms with van der Waals surface area (Å²) < 4.78 is 0. The molecule has 1 aliphatic rings. The standard InChI is InChI=1S/C10H14N4O/c1-10(2)4-7(3-8(15)5-10)13-9-11-6-12-14-9/h3,6H,4-5H2,1-2H3,(H2,11,12,13,14). The summed E-state index contributed by atoms with van der Waals surface area (Å²) >= 11 is 0. The van der Waals surface area contributed by atoms with E-state index in [-0.39, 0.29) is 11.2 Å². The molecule has 0 spiro atoms. The second-order valence-electron chi connectivity index (χ2n) is 4.61. The monoisotopic (exact) mass is 206 g/mol. The Hall–Kier alpha value is -1.65. The predicted octanol–water partition coefficient (Wildman–Crippen LogP) is 1.49. The van der Waals surface area contributed by atoms with Crippen molar-refractivity contribution in [3.05, 3.63) is 18.1 Å². The van der Waals surface area contributed by atoms with Crippen LogP contribution in [0.1, 0.15) is 26.7 Å². The Morgan fingerprint density at radius 2 is 2.27 bits per heavy atom. The average molecular weight is 206 g/mol. The SMILES string of the molecule is CC1(C)CC(=O)C=C(Nc2ncn[nH]2)C1. The summed E-state index contributed by atoms with van der Waals surface area (Å²) in [6.45, 7) is 4.17. The number of rotatable bonds is 2. The fourth-order valence-electron chi connectivity index (χ4n) is 1.84. The minimum atomic E-state index is 0.0220. The second-order valence-corrected chi connectivity index (χ2v) is 4.61. The van der Waals surface area contributed by atoms with Gasteiger partial charge in [-0.3, -0.25) is 4.79 Å². The number of H-pyrrole nitrogens is 1. The summed E-state index contributed by atoms with van der Waals surface area (Å²) in [6, 6.07) is 0. The summed E-state index contributed by atoms with van der Waals surface area (Å²) in [5.74, 6) is 0.736. The third-order valence-corrected chi connectivity index (χ3v) is 2.35. The van der Waals surface area contributed by atoms with Crippen molar-refractivity contribution in [3.63, 3.8) is 0 Å². The first-order chi connectivity index (χ1) is 7.05. The van der Waals surface area contributed by atoms with E-state index in [1.165, 1.54) is 6.33 Å². The Kier molecular flexibility index (Phi) is 2.30. The van der Waals surface area contributed by atoms with Crippen molar-refractivity contribution in [2.24, 2.45) is 5.41 Å². The fourth-order valence-corrected chi connectivity index (χ4v) is 1.84. The first-order valence-corrected chi connectivity index (χ1v) is 4.91. The van der Waals surface area contributed by atoms with E-state index in [4.69, 9.17) is 0 Å². The molecule has 0 atom stereocenters. The summed E-state index contributed by atoms with van der Waals surface area (Å²) in [5, 5.41) is 9.49. The van der Waals surface area contributed by atoms with Crippen LogP contribution in [-0.4, -0.2) is 21.0 Å². The van der Waals surface area contributed by atoms with Crippen molar-refractivity contribution in [1.29, 1.82) is 0 Å². The van der Waals surface area contributed by atoms with E-state index in [1.807, 2.05) is 0 Å². The zero-order chi connectivity index (χ0) is 10.9. The van der Waals surface area contributed by atoms with Gasteiger partial charge in [0.05, 0.1) is 0 Å². The molecule has 15 heavy (non-hydrogen) atoms. The van der Waals surface area contributed by atoms with Crippen LogP contribution >= 0.6 is 0 Å². The molecule has 80 valence electrons. The molecule has 1 heterocycles. The molecule has 1 aromatic heterocycles. The molecule has 2 N–H and O–H groups in total. The first-order valence-electron chi connectivity index (χ1n) is 4.91. The first kappa shape index (κ1) is 9.89. The van der Waals surface area contributed by atoms with Crippen LogP contribution in [0, 0.1) is 5.41 Å². The van der Waals surface area contributed by atoms with Gasteiger partial charge in [-0.05, 0) is 11.8 Å². The predicted molar refractivity (Wildman–Crippen MR) is 56.1 cm³/mol. The van der Waals surface area contributed by atoms with Gasteiger partial charge in [0.1, 0.15) is 6.33 Å². The Morgan fingerprint density at radius 3 is 2.87 bits per heavy atom. The van der Waals surface area contributed by atoms with Gasteiger partial charge in [0.15, 0.2) is 5.78 Å². The molecule has 0 saturated heterocycles. The zero-order valence-electron chi connectivity index (χ0n) is 8.87. The molecule has 0 amide bonds. The summed E-state index contributed by atoms with van der Waals surface area (Å²) in [7, 11) is 0. The quantitative estimate of drug-likeness (QED) is 0.769. The number of carbonyl (C=O) groups is 1.